The first-order valence-electron chi connectivity index (χ1n) is 9.56. The Kier molecular flexibility index (Phi) is 9.20. The topological polar surface area (TPSA) is 152 Å². The number of carbonyl (C=O) groups is 1. The number of rotatable bonds is 10. The average molecular weight is 374 g/mol. The van der Waals surface area contributed by atoms with Crippen LogP contribution in [0.15, 0.2) is 0 Å². The van der Waals surface area contributed by atoms with Crippen molar-refractivity contribution in [2.45, 2.75) is 81.3 Å². The second-order valence-electron chi connectivity index (χ2n) is 7.29. The van der Waals surface area contributed by atoms with Crippen LogP contribution in [0.2, 0.25) is 0 Å². The van der Waals surface area contributed by atoms with Crippen molar-refractivity contribution in [1.82, 2.24) is 10.6 Å². The molecule has 1 aliphatic heterocycles. The van der Waals surface area contributed by atoms with E-state index >= 15 is 0 Å². The highest BCUT2D eigenvalue weighted by Crippen LogP contribution is 2.26. The van der Waals surface area contributed by atoms with Crippen LogP contribution in [0.3, 0.4) is 0 Å². The second kappa shape index (κ2) is 11.1. The van der Waals surface area contributed by atoms with Crippen LogP contribution in [-0.4, -0.2) is 79.0 Å². The minimum Gasteiger partial charge on any atom is -0.392 e. The van der Waals surface area contributed by atoms with Crippen molar-refractivity contribution in [1.29, 1.82) is 0 Å². The highest BCUT2D eigenvalue weighted by atomic mass is 16.7. The van der Waals surface area contributed by atoms with Gasteiger partial charge in [0.15, 0.2) is 6.29 Å². The molecule has 1 heterocycles. The number of nitrogens with one attached hydrogen (secondary N) is 2. The smallest absolute Gasteiger partial charge is 0.207 e. The van der Waals surface area contributed by atoms with Crippen LogP contribution in [-0.2, 0) is 14.3 Å². The molecule has 0 bridgehead atoms. The number of aliphatic hydroxyl groups excluding tert-OH is 2. The molecule has 5 unspecified atom stereocenters. The zero-order valence-electron chi connectivity index (χ0n) is 15.3. The Hall–Kier alpha value is -0.810. The SMILES string of the molecule is NCCC(O)CNCC1CCC[C@@H](O[C@@H]2C(N)CC(NC=O)CC2O)O1. The van der Waals surface area contributed by atoms with E-state index in [1.807, 2.05) is 0 Å². The first kappa shape index (κ1) is 21.5. The number of ether oxygens (including phenoxy) is 2. The van der Waals surface area contributed by atoms with E-state index in [0.29, 0.717) is 45.3 Å². The fraction of sp³-hybridized carbons (Fsp3) is 0.941. The van der Waals surface area contributed by atoms with Crippen molar-refractivity contribution in [3.05, 3.63) is 0 Å². The van der Waals surface area contributed by atoms with Crippen LogP contribution in [0, 0.1) is 0 Å². The molecule has 26 heavy (non-hydrogen) atoms. The molecule has 1 saturated heterocycles. The number of carbonyl (C=O) groups excluding carboxylic acids is 1. The summed E-state index contributed by atoms with van der Waals surface area (Å²) in [6.07, 6.45) is 2.78. The molecule has 1 amide bonds. The molecule has 2 aliphatic rings. The van der Waals surface area contributed by atoms with Crippen molar-refractivity contribution in [3.8, 4) is 0 Å². The van der Waals surface area contributed by atoms with Gasteiger partial charge in [0.25, 0.3) is 0 Å². The number of nitrogens with two attached hydrogens (primary N) is 2. The van der Waals surface area contributed by atoms with Gasteiger partial charge in [-0.1, -0.05) is 0 Å². The molecule has 7 atom stereocenters. The molecule has 0 aromatic rings. The van der Waals surface area contributed by atoms with E-state index in [9.17, 15) is 15.0 Å². The summed E-state index contributed by atoms with van der Waals surface area (Å²) in [5.74, 6) is 0. The minimum absolute atomic E-state index is 0.000243. The molecule has 1 aliphatic carbocycles. The standard InChI is InChI=1S/C17H34N4O5/c18-5-4-12(23)8-20-9-13-2-1-3-16(25-13)26-17-14(19)6-11(21-10-22)7-15(17)24/h10-17,20,23-24H,1-9,18-19H2,(H,21,22)/t11?,12?,13?,14?,15?,16-,17-/m1/s1. The van der Waals surface area contributed by atoms with Crippen LogP contribution in [0.1, 0.15) is 38.5 Å². The van der Waals surface area contributed by atoms with E-state index in [2.05, 4.69) is 10.6 Å². The summed E-state index contributed by atoms with van der Waals surface area (Å²) in [7, 11) is 0. The second-order valence-corrected chi connectivity index (χ2v) is 7.29. The van der Waals surface area contributed by atoms with Crippen molar-refractivity contribution < 1.29 is 24.5 Å². The molecule has 9 heteroatoms. The van der Waals surface area contributed by atoms with Crippen LogP contribution in [0.4, 0.5) is 0 Å². The van der Waals surface area contributed by atoms with E-state index in [1.165, 1.54) is 0 Å². The van der Waals surface area contributed by atoms with E-state index < -0.39 is 24.6 Å². The van der Waals surface area contributed by atoms with Crippen LogP contribution in [0.25, 0.3) is 0 Å². The zero-order chi connectivity index (χ0) is 18.9. The van der Waals surface area contributed by atoms with Gasteiger partial charge < -0.3 is 41.8 Å². The van der Waals surface area contributed by atoms with Crippen molar-refractivity contribution >= 4 is 6.41 Å². The quantitative estimate of drug-likeness (QED) is 0.244. The lowest BCUT2D eigenvalue weighted by Crippen LogP contribution is -2.56. The van der Waals surface area contributed by atoms with Gasteiger partial charge in [0.1, 0.15) is 6.10 Å². The number of hydrogen-bond acceptors (Lipinski definition) is 8. The third-order valence-corrected chi connectivity index (χ3v) is 5.06. The van der Waals surface area contributed by atoms with Crippen LogP contribution < -0.4 is 22.1 Å². The Morgan fingerprint density at radius 2 is 2.15 bits per heavy atom. The summed E-state index contributed by atoms with van der Waals surface area (Å²) in [6.45, 7) is 1.58. The Balaban J connectivity index is 1.74. The van der Waals surface area contributed by atoms with Crippen molar-refractivity contribution in [2.24, 2.45) is 11.5 Å². The first-order valence-corrected chi connectivity index (χ1v) is 9.56. The van der Waals surface area contributed by atoms with E-state index in [1.54, 1.807) is 0 Å². The number of amides is 1. The summed E-state index contributed by atoms with van der Waals surface area (Å²) in [6, 6.07) is -0.480. The van der Waals surface area contributed by atoms with E-state index in [4.69, 9.17) is 20.9 Å². The lowest BCUT2D eigenvalue weighted by atomic mass is 9.86. The molecule has 2 rings (SSSR count). The summed E-state index contributed by atoms with van der Waals surface area (Å²) in [5.41, 5.74) is 11.6. The summed E-state index contributed by atoms with van der Waals surface area (Å²) in [5, 5.41) is 25.9. The molecular weight excluding hydrogens is 340 g/mol. The Bertz CT molecular complexity index is 405. The van der Waals surface area contributed by atoms with Crippen LogP contribution in [0.5, 0.6) is 0 Å². The minimum atomic E-state index is -0.732. The van der Waals surface area contributed by atoms with Gasteiger partial charge in [0.05, 0.1) is 18.3 Å². The fourth-order valence-electron chi connectivity index (χ4n) is 3.69. The molecule has 0 radical (unpaired) electrons. The number of aliphatic hydroxyl groups is 2. The number of hydrogen-bond donors (Lipinski definition) is 6. The van der Waals surface area contributed by atoms with Gasteiger partial charge in [-0.3, -0.25) is 4.79 Å². The molecular formula is C17H34N4O5. The summed E-state index contributed by atoms with van der Waals surface area (Å²) >= 11 is 0. The van der Waals surface area contributed by atoms with Crippen LogP contribution >= 0.6 is 0 Å². The maximum Gasteiger partial charge on any atom is 0.207 e. The normalized spacial score (nSPS) is 36.5. The molecule has 9 nitrogen and oxygen atoms in total. The highest BCUT2D eigenvalue weighted by Gasteiger charge is 2.38. The third kappa shape index (κ3) is 6.73. The van der Waals surface area contributed by atoms with Gasteiger partial charge >= 0.3 is 0 Å². The third-order valence-electron chi connectivity index (χ3n) is 5.06. The predicted molar refractivity (Wildman–Crippen MR) is 96.1 cm³/mol. The lowest BCUT2D eigenvalue weighted by molar-refractivity contribution is -0.237. The maximum absolute atomic E-state index is 10.6. The van der Waals surface area contributed by atoms with Gasteiger partial charge in [-0.25, -0.2) is 0 Å². The Morgan fingerprint density at radius 1 is 1.35 bits per heavy atom. The van der Waals surface area contributed by atoms with E-state index in [0.717, 1.165) is 19.3 Å². The molecule has 0 aromatic carbocycles. The molecule has 152 valence electrons. The molecule has 2 fully saturated rings. The first-order chi connectivity index (χ1) is 12.5. The molecule has 0 spiro atoms. The predicted octanol–water partition coefficient (Wildman–Crippen LogP) is -1.84. The van der Waals surface area contributed by atoms with Gasteiger partial charge in [-0.2, -0.15) is 0 Å². The monoisotopic (exact) mass is 374 g/mol. The van der Waals surface area contributed by atoms with Gasteiger partial charge in [0, 0.05) is 25.2 Å². The van der Waals surface area contributed by atoms with Gasteiger partial charge in [-0.15, -0.1) is 0 Å². The Morgan fingerprint density at radius 3 is 2.85 bits per heavy atom. The summed E-state index contributed by atoms with van der Waals surface area (Å²) in [4.78, 5) is 10.6. The van der Waals surface area contributed by atoms with E-state index in [-0.39, 0.29) is 18.2 Å². The highest BCUT2D eigenvalue weighted by molar-refractivity contribution is 5.46. The molecule has 8 N–H and O–H groups in total. The summed E-state index contributed by atoms with van der Waals surface area (Å²) < 4.78 is 11.9. The maximum atomic E-state index is 10.6. The largest absolute Gasteiger partial charge is 0.392 e. The average Bonchev–Trinajstić information content (AvgIpc) is 2.59. The zero-order valence-corrected chi connectivity index (χ0v) is 15.3. The van der Waals surface area contributed by atoms with Gasteiger partial charge in [-0.05, 0) is 45.1 Å². The molecule has 0 aromatic heterocycles. The van der Waals surface area contributed by atoms with Gasteiger partial charge in [0.2, 0.25) is 6.41 Å². The van der Waals surface area contributed by atoms with Crippen molar-refractivity contribution in [2.75, 3.05) is 19.6 Å². The Labute approximate surface area is 154 Å². The lowest BCUT2D eigenvalue weighted by Gasteiger charge is -2.40. The van der Waals surface area contributed by atoms with Crippen molar-refractivity contribution in [3.63, 3.8) is 0 Å². The molecule has 1 saturated carbocycles. The fourth-order valence-corrected chi connectivity index (χ4v) is 3.69.